The maximum Gasteiger partial charge on any atom is 0.287 e. The number of hydrogen-bond donors (Lipinski definition) is 3. The van der Waals surface area contributed by atoms with E-state index in [0.717, 1.165) is 49.0 Å². The molecule has 2 aliphatic heterocycles. The lowest BCUT2D eigenvalue weighted by Crippen LogP contribution is -2.53. The molecule has 3 N–H and O–H groups in total. The summed E-state index contributed by atoms with van der Waals surface area (Å²) in [5, 5.41) is 15.8. The third-order valence-corrected chi connectivity index (χ3v) is 11.1. The number of amidine groups is 1. The molecule has 4 aliphatic rings. The monoisotopic (exact) mass is 598 g/mol. The Hall–Kier alpha value is -2.88. The van der Waals surface area contributed by atoms with E-state index in [1.807, 2.05) is 0 Å². The van der Waals surface area contributed by atoms with Gasteiger partial charge in [0.05, 0.1) is 6.26 Å². The lowest BCUT2D eigenvalue weighted by molar-refractivity contribution is -0.134. The molecule has 0 spiro atoms. The molecule has 10 nitrogen and oxygen atoms in total. The Labute approximate surface area is 227 Å². The Morgan fingerprint density at radius 1 is 1.23 bits per heavy atom. The van der Waals surface area contributed by atoms with Crippen LogP contribution in [0.2, 0.25) is 0 Å². The number of sulfonamides is 2. The van der Waals surface area contributed by atoms with Gasteiger partial charge in [0.25, 0.3) is 15.9 Å². The fourth-order valence-corrected chi connectivity index (χ4v) is 9.39. The minimum absolute atomic E-state index is 0.0652. The molecule has 1 aromatic heterocycles. The Morgan fingerprint density at radius 2 is 1.97 bits per heavy atom. The maximum atomic E-state index is 14.6. The van der Waals surface area contributed by atoms with Crippen LogP contribution in [0.15, 0.2) is 44.2 Å². The molecule has 6 rings (SSSR count). The number of nitrogens with one attached hydrogen (secondary N) is 2. The van der Waals surface area contributed by atoms with Gasteiger partial charge in [-0.2, -0.15) is 8.42 Å². The zero-order valence-corrected chi connectivity index (χ0v) is 23.0. The number of carbonyl (C=O) groups is 1. The van der Waals surface area contributed by atoms with Gasteiger partial charge in [0.1, 0.15) is 32.9 Å². The summed E-state index contributed by atoms with van der Waals surface area (Å²) in [5.41, 5.74) is -0.0167. The van der Waals surface area contributed by atoms with Crippen molar-refractivity contribution in [2.75, 3.05) is 11.6 Å². The lowest BCUT2D eigenvalue weighted by atomic mass is 9.77. The molecule has 208 valence electrons. The molecule has 1 aromatic carbocycles. The molecule has 39 heavy (non-hydrogen) atoms. The van der Waals surface area contributed by atoms with Crippen LogP contribution < -0.4 is 10.0 Å². The fourth-order valence-electron chi connectivity index (χ4n) is 6.37. The molecular weight excluding hydrogens is 574 g/mol. The van der Waals surface area contributed by atoms with Gasteiger partial charge in [-0.15, -0.1) is 15.7 Å². The average Bonchev–Trinajstić information content (AvgIpc) is 3.56. The summed E-state index contributed by atoms with van der Waals surface area (Å²) in [6.45, 7) is -0.454. The summed E-state index contributed by atoms with van der Waals surface area (Å²) in [6, 6.07) is 2.71. The van der Waals surface area contributed by atoms with Gasteiger partial charge in [0.15, 0.2) is 5.84 Å². The Balaban J connectivity index is 1.40. The van der Waals surface area contributed by atoms with Crippen molar-refractivity contribution < 1.29 is 35.5 Å². The van der Waals surface area contributed by atoms with E-state index in [-0.39, 0.29) is 63.1 Å². The van der Waals surface area contributed by atoms with Crippen molar-refractivity contribution in [3.05, 3.63) is 57.7 Å². The largest absolute Gasteiger partial charge is 0.511 e. The molecule has 2 bridgehead atoms. The molecule has 2 fully saturated rings. The molecule has 4 atom stereocenters. The number of thiophene rings is 1. The van der Waals surface area contributed by atoms with Crippen LogP contribution in [0.1, 0.15) is 30.4 Å². The highest BCUT2D eigenvalue weighted by Crippen LogP contribution is 2.55. The molecule has 1 amide bonds. The molecule has 2 aliphatic carbocycles. The topological polar surface area (TPSA) is 145 Å². The first-order valence-corrected chi connectivity index (χ1v) is 16.4. The third kappa shape index (κ3) is 4.44. The molecule has 3 heterocycles. The number of nitrogens with zero attached hydrogens (tertiary/aromatic N) is 2. The second-order valence-corrected chi connectivity index (χ2v) is 14.6. The molecule has 15 heteroatoms. The van der Waals surface area contributed by atoms with Crippen molar-refractivity contribution in [2.45, 2.75) is 43.3 Å². The number of hydrogen-bond acceptors (Lipinski definition) is 8. The first-order chi connectivity index (χ1) is 18.3. The highest BCUT2D eigenvalue weighted by molar-refractivity contribution is 7.91. The van der Waals surface area contributed by atoms with Crippen LogP contribution in [0.25, 0.3) is 0 Å². The van der Waals surface area contributed by atoms with E-state index < -0.39 is 49.5 Å². The number of benzene rings is 1. The predicted octanol–water partition coefficient (Wildman–Crippen LogP) is 2.86. The van der Waals surface area contributed by atoms with Crippen LogP contribution in [0, 0.1) is 29.4 Å². The summed E-state index contributed by atoms with van der Waals surface area (Å²) >= 11 is 0.993. The van der Waals surface area contributed by atoms with Gasteiger partial charge in [-0.3, -0.25) is 4.79 Å². The highest BCUT2D eigenvalue weighted by atomic mass is 32.2. The zero-order valence-electron chi connectivity index (χ0n) is 20.5. The van der Waals surface area contributed by atoms with Gasteiger partial charge in [-0.1, -0.05) is 6.07 Å². The van der Waals surface area contributed by atoms with Crippen LogP contribution in [0.3, 0.4) is 0 Å². The van der Waals surface area contributed by atoms with Gasteiger partial charge in [-0.05, 0) is 42.5 Å². The van der Waals surface area contributed by atoms with Crippen molar-refractivity contribution in [1.29, 1.82) is 0 Å². The number of carbonyl (C=O) groups excluding carboxylic acids is 1. The molecule has 0 unspecified atom stereocenters. The molecule has 2 saturated carbocycles. The van der Waals surface area contributed by atoms with E-state index in [1.165, 1.54) is 16.3 Å². The summed E-state index contributed by atoms with van der Waals surface area (Å²) < 4.78 is 83.7. The van der Waals surface area contributed by atoms with E-state index in [4.69, 9.17) is 0 Å². The van der Waals surface area contributed by atoms with E-state index in [9.17, 15) is 35.5 Å². The number of rotatable bonds is 6. The summed E-state index contributed by atoms with van der Waals surface area (Å²) in [7, 11) is -7.97. The minimum atomic E-state index is -4.38. The van der Waals surface area contributed by atoms with E-state index >= 15 is 0 Å². The van der Waals surface area contributed by atoms with Crippen molar-refractivity contribution in [3.63, 3.8) is 0 Å². The quantitative estimate of drug-likeness (QED) is 0.464. The van der Waals surface area contributed by atoms with Crippen LogP contribution in [0.5, 0.6) is 0 Å². The number of aliphatic hydroxyl groups is 1. The predicted molar refractivity (Wildman–Crippen MR) is 139 cm³/mol. The van der Waals surface area contributed by atoms with Crippen LogP contribution in [-0.4, -0.2) is 50.9 Å². The van der Waals surface area contributed by atoms with Gasteiger partial charge < -0.3 is 15.3 Å². The number of halogens is 2. The zero-order chi connectivity index (χ0) is 27.9. The summed E-state index contributed by atoms with van der Waals surface area (Å²) in [6.07, 6.45) is 3.40. The third-order valence-electron chi connectivity index (χ3n) is 7.91. The van der Waals surface area contributed by atoms with E-state index in [0.29, 0.717) is 0 Å². The van der Waals surface area contributed by atoms with Gasteiger partial charge in [0.2, 0.25) is 10.0 Å². The first kappa shape index (κ1) is 26.3. The van der Waals surface area contributed by atoms with Crippen molar-refractivity contribution in [2.24, 2.45) is 22.2 Å². The second-order valence-electron chi connectivity index (χ2n) is 10.3. The Morgan fingerprint density at radius 3 is 2.69 bits per heavy atom. The van der Waals surface area contributed by atoms with Crippen molar-refractivity contribution >= 4 is 48.1 Å². The molecule has 0 radical (unpaired) electrons. The van der Waals surface area contributed by atoms with E-state index in [1.54, 1.807) is 0 Å². The second kappa shape index (κ2) is 9.08. The van der Waals surface area contributed by atoms with Gasteiger partial charge in [-0.25, -0.2) is 21.9 Å². The SMILES string of the molecule is CS(=O)(=O)NCc1csc2c1S(=O)(=O)N=C(C1=C(O)[C@@H]3[C@@H]4CC[C@@H](C4)[C@@H]3N(Cc3ccc(F)cc3F)C1=O)N2. The van der Waals surface area contributed by atoms with Crippen molar-refractivity contribution in [3.8, 4) is 0 Å². The Bertz CT molecular complexity index is 1680. The van der Waals surface area contributed by atoms with Crippen LogP contribution in [0.4, 0.5) is 13.8 Å². The minimum Gasteiger partial charge on any atom is -0.511 e. The summed E-state index contributed by atoms with van der Waals surface area (Å²) in [5.74, 6) is -3.16. The maximum absolute atomic E-state index is 14.6. The highest BCUT2D eigenvalue weighted by Gasteiger charge is 2.57. The van der Waals surface area contributed by atoms with Gasteiger partial charge >= 0.3 is 0 Å². The molecule has 0 saturated heterocycles. The van der Waals surface area contributed by atoms with E-state index in [2.05, 4.69) is 14.4 Å². The Kier molecular flexibility index (Phi) is 6.13. The smallest absolute Gasteiger partial charge is 0.287 e. The summed E-state index contributed by atoms with van der Waals surface area (Å²) in [4.78, 5) is 15.1. The van der Waals surface area contributed by atoms with Gasteiger partial charge in [0, 0.05) is 42.2 Å². The lowest BCUT2D eigenvalue weighted by Gasteiger charge is -2.44. The standard InChI is InChI=1S/C24H24F2N4O6S3/c1-38(33,34)27-8-14-10-37-23-21(14)39(35,36)29-22(28-23)18-20(31)17-11-2-3-12(6-11)19(17)30(24(18)32)9-13-4-5-15(25)7-16(13)26/h4-5,7,10-12,17,19,27,31H,2-3,6,8-9H2,1H3,(H,28,29)/t11-,12+,17-,19+/m1/s1. The number of anilines is 1. The fraction of sp³-hybridized carbons (Fsp3) is 0.417. The molecule has 2 aromatic rings. The number of amides is 1. The van der Waals surface area contributed by atoms with Crippen LogP contribution in [-0.2, 0) is 37.9 Å². The van der Waals surface area contributed by atoms with Crippen molar-refractivity contribution in [1.82, 2.24) is 9.62 Å². The molecular formula is C24H24F2N4O6S3. The number of aliphatic hydroxyl groups excluding tert-OH is 1. The normalized spacial score (nSPS) is 27.3. The first-order valence-electron chi connectivity index (χ1n) is 12.2. The average molecular weight is 599 g/mol. The number of fused-ring (bicyclic) bond motifs is 6. The van der Waals surface area contributed by atoms with Crippen LogP contribution >= 0.6 is 11.3 Å².